The first-order chi connectivity index (χ1) is 4.93. The van der Waals surface area contributed by atoms with Crippen LogP contribution in [-0.2, 0) is 0 Å². The molecule has 4 N–H and O–H groups in total. The van der Waals surface area contributed by atoms with Gasteiger partial charge in [-0.15, -0.1) is 12.4 Å². The zero-order chi connectivity index (χ0) is 7.82. The highest BCUT2D eigenvalue weighted by atomic mass is 35.5. The molecule has 0 aliphatic heterocycles. The monoisotopic (exact) mass is 171 g/mol. The van der Waals surface area contributed by atoms with Gasteiger partial charge in [0.05, 0.1) is 11.6 Å². The Kier molecular flexibility index (Phi) is 10.2. The Balaban J connectivity index is 0. The number of hydrogen-bond acceptors (Lipinski definition) is 3. The molecule has 0 unspecified atom stereocenters. The lowest BCUT2D eigenvalue weighted by Gasteiger charge is -1.80. The van der Waals surface area contributed by atoms with Crippen LogP contribution in [0, 0.1) is 11.3 Å². The van der Waals surface area contributed by atoms with Gasteiger partial charge in [-0.3, -0.25) is 11.7 Å². The Morgan fingerprint density at radius 2 is 1.55 bits per heavy atom. The summed E-state index contributed by atoms with van der Waals surface area (Å²) >= 11 is 0. The molecule has 0 bridgehead atoms. The number of halogens is 1. The van der Waals surface area contributed by atoms with Gasteiger partial charge in [0.15, 0.2) is 0 Å². The second-order valence-corrected chi connectivity index (χ2v) is 1.48. The summed E-state index contributed by atoms with van der Waals surface area (Å²) < 4.78 is 0. The lowest BCUT2D eigenvalue weighted by molar-refractivity contribution is 1.26. The van der Waals surface area contributed by atoms with Crippen LogP contribution in [0.3, 0.4) is 0 Å². The molecule has 0 amide bonds. The van der Waals surface area contributed by atoms with E-state index in [1.807, 2.05) is 24.3 Å². The van der Waals surface area contributed by atoms with Gasteiger partial charge < -0.3 is 0 Å². The van der Waals surface area contributed by atoms with E-state index in [1.54, 1.807) is 12.1 Å². The topological polar surface area (TPSA) is 75.8 Å². The summed E-state index contributed by atoms with van der Waals surface area (Å²) in [4.78, 5) is 0. The number of hydrazine groups is 1. The van der Waals surface area contributed by atoms with Crippen molar-refractivity contribution in [2.24, 2.45) is 11.7 Å². The SMILES string of the molecule is Cl.N#Cc1ccccc1.NN. The molecule has 0 saturated carbocycles. The molecule has 0 heterocycles. The molecule has 0 aromatic heterocycles. The minimum Gasteiger partial charge on any atom is -0.274 e. The van der Waals surface area contributed by atoms with Crippen molar-refractivity contribution >= 4 is 12.4 Å². The van der Waals surface area contributed by atoms with Gasteiger partial charge in [-0.2, -0.15) is 5.26 Å². The van der Waals surface area contributed by atoms with Crippen molar-refractivity contribution in [2.45, 2.75) is 0 Å². The van der Waals surface area contributed by atoms with Crippen molar-refractivity contribution in [2.75, 3.05) is 0 Å². The Morgan fingerprint density at radius 1 is 1.09 bits per heavy atom. The van der Waals surface area contributed by atoms with Gasteiger partial charge in [0, 0.05) is 0 Å². The van der Waals surface area contributed by atoms with Crippen LogP contribution in [-0.4, -0.2) is 0 Å². The van der Waals surface area contributed by atoms with Crippen LogP contribution < -0.4 is 11.7 Å². The van der Waals surface area contributed by atoms with Gasteiger partial charge in [0.2, 0.25) is 0 Å². The number of nitrogens with zero attached hydrogens (tertiary/aromatic N) is 1. The van der Waals surface area contributed by atoms with Gasteiger partial charge in [-0.25, -0.2) is 0 Å². The van der Waals surface area contributed by atoms with Gasteiger partial charge >= 0.3 is 0 Å². The molecule has 0 atom stereocenters. The number of nitriles is 1. The lowest BCUT2D eigenvalue weighted by Crippen LogP contribution is -2.02. The molecule has 0 spiro atoms. The maximum Gasteiger partial charge on any atom is 0.0991 e. The van der Waals surface area contributed by atoms with Crippen LogP contribution in [0.5, 0.6) is 0 Å². The zero-order valence-electron chi connectivity index (χ0n) is 5.90. The summed E-state index contributed by atoms with van der Waals surface area (Å²) in [5.74, 6) is 8.00. The summed E-state index contributed by atoms with van der Waals surface area (Å²) in [5, 5.41) is 8.29. The van der Waals surface area contributed by atoms with Crippen LogP contribution in [0.25, 0.3) is 0 Å². The van der Waals surface area contributed by atoms with E-state index >= 15 is 0 Å². The number of benzene rings is 1. The van der Waals surface area contributed by atoms with Crippen LogP contribution in [0.2, 0.25) is 0 Å². The molecule has 0 saturated heterocycles. The molecule has 1 rings (SSSR count). The van der Waals surface area contributed by atoms with Crippen molar-refractivity contribution in [3.05, 3.63) is 35.9 Å². The Morgan fingerprint density at radius 3 is 1.82 bits per heavy atom. The molecule has 1 aromatic rings. The molecule has 4 heteroatoms. The first-order valence-corrected chi connectivity index (χ1v) is 2.72. The van der Waals surface area contributed by atoms with Crippen molar-refractivity contribution in [1.29, 1.82) is 5.26 Å². The molecule has 0 fully saturated rings. The van der Waals surface area contributed by atoms with E-state index < -0.39 is 0 Å². The van der Waals surface area contributed by atoms with Crippen molar-refractivity contribution in [3.63, 3.8) is 0 Å². The fourth-order valence-corrected chi connectivity index (χ4v) is 0.513. The predicted molar refractivity (Wildman–Crippen MR) is 46.8 cm³/mol. The normalized spacial score (nSPS) is 6.27. The molecular formula is C7H10ClN3. The molecular weight excluding hydrogens is 162 g/mol. The Labute approximate surface area is 72.0 Å². The molecule has 11 heavy (non-hydrogen) atoms. The third kappa shape index (κ3) is 5.37. The highest BCUT2D eigenvalue weighted by Gasteiger charge is 1.79. The van der Waals surface area contributed by atoms with E-state index in [4.69, 9.17) is 5.26 Å². The first kappa shape index (κ1) is 12.6. The Hall–Kier alpha value is -1.08. The summed E-state index contributed by atoms with van der Waals surface area (Å²) in [6.07, 6.45) is 0. The summed E-state index contributed by atoms with van der Waals surface area (Å²) in [6.45, 7) is 0. The third-order valence-corrected chi connectivity index (χ3v) is 0.903. The Bertz CT molecular complexity index is 205. The van der Waals surface area contributed by atoms with Crippen LogP contribution in [0.4, 0.5) is 0 Å². The molecule has 3 nitrogen and oxygen atoms in total. The van der Waals surface area contributed by atoms with Crippen molar-refractivity contribution < 1.29 is 0 Å². The van der Waals surface area contributed by atoms with E-state index in [9.17, 15) is 0 Å². The quantitative estimate of drug-likeness (QED) is 0.448. The highest BCUT2D eigenvalue weighted by molar-refractivity contribution is 5.85. The first-order valence-electron chi connectivity index (χ1n) is 2.72. The second kappa shape index (κ2) is 8.92. The van der Waals surface area contributed by atoms with E-state index in [0.717, 1.165) is 0 Å². The number of hydrogen-bond donors (Lipinski definition) is 2. The minimum absolute atomic E-state index is 0. The van der Waals surface area contributed by atoms with Crippen molar-refractivity contribution in [3.8, 4) is 6.07 Å². The van der Waals surface area contributed by atoms with E-state index in [2.05, 4.69) is 11.7 Å². The average Bonchev–Trinajstić information content (AvgIpc) is 2.10. The predicted octanol–water partition coefficient (Wildman–Crippen LogP) is 0.799. The summed E-state index contributed by atoms with van der Waals surface area (Å²) in [7, 11) is 0. The van der Waals surface area contributed by atoms with E-state index in [1.165, 1.54) is 0 Å². The van der Waals surface area contributed by atoms with Gasteiger partial charge in [-0.05, 0) is 12.1 Å². The van der Waals surface area contributed by atoms with E-state index in [-0.39, 0.29) is 12.4 Å². The smallest absolute Gasteiger partial charge is 0.0991 e. The second-order valence-electron chi connectivity index (χ2n) is 1.48. The van der Waals surface area contributed by atoms with Gasteiger partial charge in [-0.1, -0.05) is 18.2 Å². The zero-order valence-corrected chi connectivity index (χ0v) is 6.71. The maximum absolute atomic E-state index is 8.29. The lowest BCUT2D eigenvalue weighted by atomic mass is 10.2. The molecule has 0 aliphatic rings. The highest BCUT2D eigenvalue weighted by Crippen LogP contribution is 1.92. The third-order valence-electron chi connectivity index (χ3n) is 0.903. The number of nitrogens with two attached hydrogens (primary N) is 2. The standard InChI is InChI=1S/C7H5N.ClH.H4N2/c8-6-7-4-2-1-3-5-7;;1-2/h1-5H;1H;1-2H2. The summed E-state index contributed by atoms with van der Waals surface area (Å²) in [5.41, 5.74) is 0.715. The summed E-state index contributed by atoms with van der Waals surface area (Å²) in [6, 6.07) is 11.2. The van der Waals surface area contributed by atoms with Crippen LogP contribution >= 0.6 is 12.4 Å². The van der Waals surface area contributed by atoms with Crippen LogP contribution in [0.15, 0.2) is 30.3 Å². The van der Waals surface area contributed by atoms with E-state index in [0.29, 0.717) is 5.56 Å². The van der Waals surface area contributed by atoms with Gasteiger partial charge in [0.1, 0.15) is 0 Å². The van der Waals surface area contributed by atoms with Crippen molar-refractivity contribution in [1.82, 2.24) is 0 Å². The molecule has 0 aliphatic carbocycles. The molecule has 60 valence electrons. The average molecular weight is 172 g/mol. The minimum atomic E-state index is 0. The molecule has 0 radical (unpaired) electrons. The molecule has 1 aromatic carbocycles. The largest absolute Gasteiger partial charge is 0.274 e. The maximum atomic E-state index is 8.29. The van der Waals surface area contributed by atoms with Crippen LogP contribution in [0.1, 0.15) is 5.56 Å². The fourth-order valence-electron chi connectivity index (χ4n) is 0.513. The fraction of sp³-hybridized carbons (Fsp3) is 0. The van der Waals surface area contributed by atoms with Gasteiger partial charge in [0.25, 0.3) is 0 Å². The number of rotatable bonds is 0.